The fourth-order valence-corrected chi connectivity index (χ4v) is 3.23. The van der Waals surface area contributed by atoms with Gasteiger partial charge in [-0.3, -0.25) is 0 Å². The minimum atomic E-state index is -0.198. The second-order valence-corrected chi connectivity index (χ2v) is 5.79. The van der Waals surface area contributed by atoms with Gasteiger partial charge in [-0.1, -0.05) is 0 Å². The van der Waals surface area contributed by atoms with Crippen LogP contribution in [0, 0.1) is 5.82 Å². The van der Waals surface area contributed by atoms with Gasteiger partial charge in [0.2, 0.25) is 0 Å². The highest BCUT2D eigenvalue weighted by atomic mass is 79.9. The summed E-state index contributed by atoms with van der Waals surface area (Å²) in [4.78, 5) is 0. The molecule has 1 fully saturated rings. The molecule has 2 heterocycles. The first-order valence-corrected chi connectivity index (χ1v) is 7.55. The van der Waals surface area contributed by atoms with Crippen LogP contribution >= 0.6 is 15.9 Å². The molecule has 1 N–H and O–H groups in total. The van der Waals surface area contributed by atoms with Crippen molar-refractivity contribution in [1.29, 1.82) is 0 Å². The first-order chi connectivity index (χ1) is 9.27. The molecule has 0 spiro atoms. The van der Waals surface area contributed by atoms with Crippen molar-refractivity contribution in [3.63, 3.8) is 0 Å². The molecule has 0 aliphatic carbocycles. The van der Waals surface area contributed by atoms with Gasteiger partial charge in [-0.25, -0.2) is 4.39 Å². The summed E-state index contributed by atoms with van der Waals surface area (Å²) >= 11 is 3.32. The van der Waals surface area contributed by atoms with E-state index in [0.717, 1.165) is 37.9 Å². The molecule has 2 aliphatic heterocycles. The third-order valence-corrected chi connectivity index (χ3v) is 4.44. The maximum Gasteiger partial charge on any atom is 0.178 e. The highest BCUT2D eigenvalue weighted by Gasteiger charge is 2.26. The van der Waals surface area contributed by atoms with Gasteiger partial charge in [0.05, 0.1) is 17.7 Å². The van der Waals surface area contributed by atoms with Gasteiger partial charge in [0.15, 0.2) is 11.5 Å². The van der Waals surface area contributed by atoms with Crippen molar-refractivity contribution >= 4 is 15.9 Å². The van der Waals surface area contributed by atoms with E-state index in [2.05, 4.69) is 21.2 Å². The molecule has 0 unspecified atom stereocenters. The van der Waals surface area contributed by atoms with Crippen molar-refractivity contribution in [3.05, 3.63) is 21.9 Å². The third kappa shape index (κ3) is 2.58. The minimum Gasteiger partial charge on any atom is -0.490 e. The second kappa shape index (κ2) is 5.67. The molecule has 1 aromatic carbocycles. The lowest BCUT2D eigenvalue weighted by atomic mass is 9.89. The Labute approximate surface area is 120 Å². The number of fused-ring (bicyclic) bond motifs is 1. The van der Waals surface area contributed by atoms with Crippen LogP contribution in [0.1, 0.15) is 30.7 Å². The van der Waals surface area contributed by atoms with Crippen LogP contribution in [0.25, 0.3) is 0 Å². The predicted molar refractivity (Wildman–Crippen MR) is 74.6 cm³/mol. The summed E-state index contributed by atoms with van der Waals surface area (Å²) in [7, 11) is 0. The average molecular weight is 330 g/mol. The van der Waals surface area contributed by atoms with E-state index in [4.69, 9.17) is 9.47 Å². The van der Waals surface area contributed by atoms with Crippen molar-refractivity contribution in [3.8, 4) is 11.5 Å². The molecule has 0 radical (unpaired) electrons. The molecule has 3 rings (SSSR count). The standard InChI is InChI=1S/C14H17BrFNO2/c15-12-13(16)10(9-2-4-17-5-3-9)8-11-14(12)19-7-1-6-18-11/h8-9,17H,1-7H2. The molecule has 2 aliphatic rings. The van der Waals surface area contributed by atoms with Crippen molar-refractivity contribution in [2.24, 2.45) is 0 Å². The first-order valence-electron chi connectivity index (χ1n) is 6.75. The van der Waals surface area contributed by atoms with Gasteiger partial charge in [-0.2, -0.15) is 0 Å². The van der Waals surface area contributed by atoms with Gasteiger partial charge in [0, 0.05) is 6.42 Å². The van der Waals surface area contributed by atoms with Crippen LogP contribution < -0.4 is 14.8 Å². The zero-order valence-corrected chi connectivity index (χ0v) is 12.3. The van der Waals surface area contributed by atoms with Crippen molar-refractivity contribution in [2.45, 2.75) is 25.2 Å². The molecule has 0 bridgehead atoms. The molecular formula is C14H17BrFNO2. The molecule has 5 heteroatoms. The fraction of sp³-hybridized carbons (Fsp3) is 0.571. The number of ether oxygens (including phenoxy) is 2. The summed E-state index contributed by atoms with van der Waals surface area (Å²) in [6.07, 6.45) is 2.75. The highest BCUT2D eigenvalue weighted by Crippen LogP contribution is 2.43. The van der Waals surface area contributed by atoms with Crippen LogP contribution in [0.3, 0.4) is 0 Å². The SMILES string of the molecule is Fc1c(C2CCNCC2)cc2c(c1Br)OCCCO2. The predicted octanol–water partition coefficient (Wildman–Crippen LogP) is 3.22. The van der Waals surface area contributed by atoms with E-state index in [9.17, 15) is 4.39 Å². The van der Waals surface area contributed by atoms with Crippen LogP contribution in [0.4, 0.5) is 4.39 Å². The Kier molecular flexibility index (Phi) is 3.93. The Bertz CT molecular complexity index is 475. The first kappa shape index (κ1) is 13.2. The van der Waals surface area contributed by atoms with Gasteiger partial charge in [-0.15, -0.1) is 0 Å². The Morgan fingerprint density at radius 2 is 1.95 bits per heavy atom. The van der Waals surface area contributed by atoms with Gasteiger partial charge in [0.25, 0.3) is 0 Å². The van der Waals surface area contributed by atoms with E-state index in [1.54, 1.807) is 0 Å². The Balaban J connectivity index is 2.00. The maximum absolute atomic E-state index is 14.5. The summed E-state index contributed by atoms with van der Waals surface area (Å²) < 4.78 is 26.2. The van der Waals surface area contributed by atoms with E-state index < -0.39 is 0 Å². The number of rotatable bonds is 1. The third-order valence-electron chi connectivity index (χ3n) is 3.73. The quantitative estimate of drug-likeness (QED) is 0.858. The van der Waals surface area contributed by atoms with Gasteiger partial charge in [-0.05, 0) is 59.4 Å². The van der Waals surface area contributed by atoms with Gasteiger partial charge < -0.3 is 14.8 Å². The summed E-state index contributed by atoms with van der Waals surface area (Å²) in [6, 6.07) is 1.83. The van der Waals surface area contributed by atoms with Crippen molar-refractivity contribution < 1.29 is 13.9 Å². The molecule has 19 heavy (non-hydrogen) atoms. The highest BCUT2D eigenvalue weighted by molar-refractivity contribution is 9.10. The lowest BCUT2D eigenvalue weighted by Crippen LogP contribution is -2.27. The molecule has 104 valence electrons. The maximum atomic E-state index is 14.5. The number of benzene rings is 1. The van der Waals surface area contributed by atoms with E-state index in [0.29, 0.717) is 29.2 Å². The summed E-state index contributed by atoms with van der Waals surface area (Å²) in [5.74, 6) is 1.23. The van der Waals surface area contributed by atoms with Crippen LogP contribution in [-0.2, 0) is 0 Å². The largest absolute Gasteiger partial charge is 0.490 e. The molecule has 0 amide bonds. The molecule has 0 atom stereocenters. The van der Waals surface area contributed by atoms with Crippen molar-refractivity contribution in [2.75, 3.05) is 26.3 Å². The van der Waals surface area contributed by atoms with Gasteiger partial charge in [0.1, 0.15) is 5.82 Å². The zero-order chi connectivity index (χ0) is 13.2. The second-order valence-electron chi connectivity index (χ2n) is 5.00. The van der Waals surface area contributed by atoms with Crippen LogP contribution in [0.2, 0.25) is 0 Å². The fourth-order valence-electron chi connectivity index (χ4n) is 2.69. The van der Waals surface area contributed by atoms with Crippen LogP contribution in [0.5, 0.6) is 11.5 Å². The lowest BCUT2D eigenvalue weighted by Gasteiger charge is -2.24. The summed E-state index contributed by atoms with van der Waals surface area (Å²) in [6.45, 7) is 3.07. The Hall–Kier alpha value is -0.810. The number of nitrogens with one attached hydrogen (secondary N) is 1. The smallest absolute Gasteiger partial charge is 0.178 e. The number of hydrogen-bond acceptors (Lipinski definition) is 3. The number of hydrogen-bond donors (Lipinski definition) is 1. The van der Waals surface area contributed by atoms with Crippen LogP contribution in [-0.4, -0.2) is 26.3 Å². The molecule has 1 aromatic rings. The average Bonchev–Trinajstić information content (AvgIpc) is 2.69. The molecule has 1 saturated heterocycles. The van der Waals surface area contributed by atoms with Crippen molar-refractivity contribution in [1.82, 2.24) is 5.32 Å². The molecule has 0 aromatic heterocycles. The van der Waals surface area contributed by atoms with Crippen LogP contribution in [0.15, 0.2) is 10.5 Å². The lowest BCUT2D eigenvalue weighted by molar-refractivity contribution is 0.296. The summed E-state index contributed by atoms with van der Waals surface area (Å²) in [5, 5.41) is 3.30. The zero-order valence-electron chi connectivity index (χ0n) is 10.7. The van der Waals surface area contributed by atoms with E-state index in [1.807, 2.05) is 6.07 Å². The number of halogens is 2. The molecule has 3 nitrogen and oxygen atoms in total. The Morgan fingerprint density at radius 1 is 1.21 bits per heavy atom. The normalized spacial score (nSPS) is 20.1. The minimum absolute atomic E-state index is 0.198. The van der Waals surface area contributed by atoms with E-state index in [1.165, 1.54) is 0 Å². The molecular weight excluding hydrogens is 313 g/mol. The van der Waals surface area contributed by atoms with E-state index >= 15 is 0 Å². The number of piperidine rings is 1. The monoisotopic (exact) mass is 329 g/mol. The molecule has 0 saturated carbocycles. The van der Waals surface area contributed by atoms with Gasteiger partial charge >= 0.3 is 0 Å². The van der Waals surface area contributed by atoms with E-state index in [-0.39, 0.29) is 11.7 Å². The topological polar surface area (TPSA) is 30.5 Å². The Morgan fingerprint density at radius 3 is 2.74 bits per heavy atom. The summed E-state index contributed by atoms with van der Waals surface area (Å²) in [5.41, 5.74) is 0.748.